The minimum atomic E-state index is -0.758. The summed E-state index contributed by atoms with van der Waals surface area (Å²) in [7, 11) is 1.85. The quantitative estimate of drug-likeness (QED) is 0.547. The van der Waals surface area contributed by atoms with Crippen LogP contribution < -0.4 is 0 Å². The molecule has 4 rings (SSSR count). The molecule has 0 bridgehead atoms. The molecule has 188 valence electrons. The zero-order chi connectivity index (χ0) is 23.9. The Morgan fingerprint density at radius 2 is 1.56 bits per heavy atom. The molecule has 3 fully saturated rings. The third kappa shape index (κ3) is 6.69. The average Bonchev–Trinajstić information content (AvgIpc) is 3.13. The molecule has 0 radical (unpaired) electrons. The normalized spacial score (nSPS) is 25.6. The highest BCUT2D eigenvalue weighted by Gasteiger charge is 2.43. The number of hydrogen-bond acceptors (Lipinski definition) is 7. The molecule has 2 unspecified atom stereocenters. The third-order valence-corrected chi connectivity index (χ3v) is 7.43. The number of likely N-dealkylation sites (N-methyl/N-ethyl adjacent to an activating group) is 1. The van der Waals surface area contributed by atoms with Crippen LogP contribution in [-0.4, -0.2) is 126 Å². The maximum Gasteiger partial charge on any atom is 0.411 e. The topological polar surface area (TPSA) is 79.8 Å². The van der Waals surface area contributed by atoms with Gasteiger partial charge in [-0.25, -0.2) is 4.79 Å². The number of hydrogen-bond donors (Lipinski definition) is 1. The van der Waals surface area contributed by atoms with Gasteiger partial charge in [0.15, 0.2) is 6.23 Å². The lowest BCUT2D eigenvalue weighted by atomic mass is 10.1. The summed E-state index contributed by atoms with van der Waals surface area (Å²) < 4.78 is 5.75. The smallest absolute Gasteiger partial charge is 0.411 e. The zero-order valence-corrected chi connectivity index (χ0v) is 20.3. The van der Waals surface area contributed by atoms with E-state index in [4.69, 9.17) is 9.84 Å². The number of cyclic esters (lactones) is 1. The van der Waals surface area contributed by atoms with Crippen LogP contribution in [0.15, 0.2) is 30.3 Å². The molecular formula is C25H39N5O4. The molecule has 34 heavy (non-hydrogen) atoms. The first-order chi connectivity index (χ1) is 16.5. The zero-order valence-electron chi connectivity index (χ0n) is 20.3. The van der Waals surface area contributed by atoms with E-state index < -0.39 is 5.97 Å². The molecule has 9 heteroatoms. The van der Waals surface area contributed by atoms with Crippen LogP contribution in [0.25, 0.3) is 0 Å². The number of carbonyl (C=O) groups excluding carboxylic acids is 1. The predicted octanol–water partition coefficient (Wildman–Crippen LogP) is 1.45. The van der Waals surface area contributed by atoms with Gasteiger partial charge in [0.05, 0.1) is 12.5 Å². The summed E-state index contributed by atoms with van der Waals surface area (Å²) in [6.07, 6.45) is 1.69. The molecule has 9 nitrogen and oxygen atoms in total. The second-order valence-electron chi connectivity index (χ2n) is 9.72. The Balaban J connectivity index is 1.18. The molecule has 1 aromatic carbocycles. The van der Waals surface area contributed by atoms with E-state index >= 15 is 0 Å². The number of ether oxygens (including phenoxy) is 1. The molecule has 3 saturated heterocycles. The molecule has 0 spiro atoms. The number of amides is 1. The van der Waals surface area contributed by atoms with Gasteiger partial charge >= 0.3 is 12.1 Å². The van der Waals surface area contributed by atoms with Crippen LogP contribution in [0.5, 0.6) is 0 Å². The number of benzene rings is 1. The second-order valence-corrected chi connectivity index (χ2v) is 9.72. The standard InChI is InChI=1S/C25H39N5O4/c1-26-22(24(34-25(26)33)30-18-16-28(17-19-30)11-9-23(31)32)8-5-10-27-12-14-29(15-13-27)20-21-6-3-2-4-7-21/h2-4,6-7,22,24H,5,8-20H2,1H3,(H,31,32). The fraction of sp³-hybridized carbons (Fsp3) is 0.680. The second kappa shape index (κ2) is 12.0. The van der Waals surface area contributed by atoms with Gasteiger partial charge in [0.2, 0.25) is 0 Å². The Kier molecular flexibility index (Phi) is 8.77. The molecule has 1 aromatic rings. The molecule has 3 heterocycles. The summed E-state index contributed by atoms with van der Waals surface area (Å²) >= 11 is 0. The van der Waals surface area contributed by atoms with Crippen LogP contribution in [-0.2, 0) is 16.1 Å². The Hall–Kier alpha value is -2.20. The molecule has 0 saturated carbocycles. The third-order valence-electron chi connectivity index (χ3n) is 7.43. The van der Waals surface area contributed by atoms with Crippen LogP contribution >= 0.6 is 0 Å². The maximum atomic E-state index is 12.3. The number of carbonyl (C=O) groups is 2. The Bertz CT molecular complexity index is 794. The van der Waals surface area contributed by atoms with Gasteiger partial charge < -0.3 is 24.5 Å². The fourth-order valence-corrected chi connectivity index (χ4v) is 5.28. The maximum absolute atomic E-state index is 12.3. The first-order valence-corrected chi connectivity index (χ1v) is 12.6. The van der Waals surface area contributed by atoms with Crippen LogP contribution in [0.3, 0.4) is 0 Å². The van der Waals surface area contributed by atoms with Crippen molar-refractivity contribution in [3.05, 3.63) is 35.9 Å². The van der Waals surface area contributed by atoms with Crippen molar-refractivity contribution in [1.82, 2.24) is 24.5 Å². The molecule has 1 N–H and O–H groups in total. The van der Waals surface area contributed by atoms with E-state index in [2.05, 4.69) is 49.9 Å². The lowest BCUT2D eigenvalue weighted by Gasteiger charge is -2.39. The Morgan fingerprint density at radius 3 is 2.24 bits per heavy atom. The van der Waals surface area contributed by atoms with E-state index in [1.54, 1.807) is 4.90 Å². The monoisotopic (exact) mass is 473 g/mol. The van der Waals surface area contributed by atoms with Crippen molar-refractivity contribution >= 4 is 12.1 Å². The highest BCUT2D eigenvalue weighted by atomic mass is 16.6. The molecule has 3 aliphatic heterocycles. The van der Waals surface area contributed by atoms with Gasteiger partial charge in [-0.1, -0.05) is 30.3 Å². The van der Waals surface area contributed by atoms with Crippen molar-refractivity contribution in [1.29, 1.82) is 0 Å². The number of piperazine rings is 2. The SMILES string of the molecule is CN1C(=O)OC(N2CCN(CCC(=O)O)CC2)C1CCCN1CCN(Cc2ccccc2)CC1. The minimum absolute atomic E-state index is 0.0671. The van der Waals surface area contributed by atoms with Crippen molar-refractivity contribution < 1.29 is 19.4 Å². The van der Waals surface area contributed by atoms with E-state index in [-0.39, 0.29) is 24.8 Å². The number of carboxylic acid groups (broad SMARTS) is 1. The average molecular weight is 474 g/mol. The van der Waals surface area contributed by atoms with E-state index in [0.29, 0.717) is 6.54 Å². The lowest BCUT2D eigenvalue weighted by Crippen LogP contribution is -2.54. The summed E-state index contributed by atoms with van der Waals surface area (Å²) in [5, 5.41) is 8.91. The lowest BCUT2D eigenvalue weighted by molar-refractivity contribution is -0.137. The molecule has 0 aromatic heterocycles. The van der Waals surface area contributed by atoms with Crippen molar-refractivity contribution in [2.24, 2.45) is 0 Å². The fourth-order valence-electron chi connectivity index (χ4n) is 5.28. The van der Waals surface area contributed by atoms with Crippen LogP contribution in [0.4, 0.5) is 4.79 Å². The molecule has 0 aliphatic carbocycles. The van der Waals surface area contributed by atoms with Crippen molar-refractivity contribution in [3.63, 3.8) is 0 Å². The Morgan fingerprint density at radius 1 is 0.941 bits per heavy atom. The first-order valence-electron chi connectivity index (χ1n) is 12.6. The summed E-state index contributed by atoms with van der Waals surface area (Å²) in [5.74, 6) is -0.758. The molecule has 2 atom stereocenters. The minimum Gasteiger partial charge on any atom is -0.481 e. The van der Waals surface area contributed by atoms with E-state index in [1.165, 1.54) is 5.56 Å². The molecule has 3 aliphatic rings. The van der Waals surface area contributed by atoms with E-state index in [0.717, 1.165) is 78.3 Å². The van der Waals surface area contributed by atoms with Crippen molar-refractivity contribution in [3.8, 4) is 0 Å². The van der Waals surface area contributed by atoms with Gasteiger partial charge in [0.25, 0.3) is 0 Å². The molecule has 1 amide bonds. The van der Waals surface area contributed by atoms with Gasteiger partial charge in [-0.3, -0.25) is 14.6 Å². The number of carboxylic acids is 1. The predicted molar refractivity (Wildman–Crippen MR) is 129 cm³/mol. The molecular weight excluding hydrogens is 434 g/mol. The summed E-state index contributed by atoms with van der Waals surface area (Å²) in [6, 6.07) is 10.7. The number of nitrogens with zero attached hydrogens (tertiary/aromatic N) is 5. The van der Waals surface area contributed by atoms with Crippen molar-refractivity contribution in [2.45, 2.75) is 38.1 Å². The Labute approximate surface area is 202 Å². The van der Waals surface area contributed by atoms with Crippen molar-refractivity contribution in [2.75, 3.05) is 72.5 Å². The summed E-state index contributed by atoms with van der Waals surface area (Å²) in [4.78, 5) is 34.4. The summed E-state index contributed by atoms with van der Waals surface area (Å²) in [6.45, 7) is 10.2. The van der Waals surface area contributed by atoms with Gasteiger partial charge in [-0.2, -0.15) is 0 Å². The van der Waals surface area contributed by atoms with Crippen LogP contribution in [0.1, 0.15) is 24.8 Å². The van der Waals surface area contributed by atoms with Gasteiger partial charge in [0, 0.05) is 72.5 Å². The van der Waals surface area contributed by atoms with Gasteiger partial charge in [-0.05, 0) is 24.9 Å². The van der Waals surface area contributed by atoms with Gasteiger partial charge in [0.1, 0.15) is 0 Å². The first kappa shape index (κ1) is 24.9. The van der Waals surface area contributed by atoms with E-state index in [1.807, 2.05) is 7.05 Å². The van der Waals surface area contributed by atoms with Crippen LogP contribution in [0.2, 0.25) is 0 Å². The largest absolute Gasteiger partial charge is 0.481 e. The van der Waals surface area contributed by atoms with Gasteiger partial charge in [-0.15, -0.1) is 0 Å². The number of aliphatic carboxylic acids is 1. The highest BCUT2D eigenvalue weighted by molar-refractivity contribution is 5.70. The van der Waals surface area contributed by atoms with Crippen LogP contribution in [0, 0.1) is 0 Å². The summed E-state index contributed by atoms with van der Waals surface area (Å²) in [5.41, 5.74) is 1.37. The highest BCUT2D eigenvalue weighted by Crippen LogP contribution is 2.26. The number of rotatable bonds is 10. The van der Waals surface area contributed by atoms with E-state index in [9.17, 15) is 9.59 Å².